The molecule has 1 aromatic rings. The summed E-state index contributed by atoms with van der Waals surface area (Å²) < 4.78 is 0. The zero-order valence-corrected chi connectivity index (χ0v) is 11.5. The number of aliphatic carboxylic acids is 1. The Labute approximate surface area is 117 Å². The molecule has 9 heteroatoms. The molecule has 0 fully saturated rings. The van der Waals surface area contributed by atoms with Gasteiger partial charge >= 0.3 is 5.97 Å². The summed E-state index contributed by atoms with van der Waals surface area (Å²) >= 11 is 12.5. The van der Waals surface area contributed by atoms with E-state index < -0.39 is 17.9 Å². The summed E-state index contributed by atoms with van der Waals surface area (Å²) in [6, 6.07) is 0.476. The van der Waals surface area contributed by atoms with Gasteiger partial charge in [0.1, 0.15) is 6.04 Å². The number of carbonyl (C=O) groups is 2. The Morgan fingerprint density at radius 3 is 2.72 bits per heavy atom. The molecule has 0 bridgehead atoms. The Bertz CT molecular complexity index is 472. The van der Waals surface area contributed by atoms with Crippen LogP contribution >= 0.6 is 35.0 Å². The lowest BCUT2D eigenvalue weighted by Gasteiger charge is -2.12. The third kappa shape index (κ3) is 4.67. The number of carboxylic acid groups (broad SMARTS) is 1. The number of carboxylic acids is 1. The Hall–Kier alpha value is -1.05. The lowest BCUT2D eigenvalue weighted by atomic mass is 10.3. The monoisotopic (exact) mass is 309 g/mol. The fourth-order valence-electron chi connectivity index (χ4n) is 1.03. The van der Waals surface area contributed by atoms with E-state index in [1.165, 1.54) is 13.0 Å². The Morgan fingerprint density at radius 1 is 1.50 bits per heavy atom. The first-order valence-electron chi connectivity index (χ1n) is 4.71. The second kappa shape index (κ2) is 6.77. The summed E-state index contributed by atoms with van der Waals surface area (Å²) in [5.74, 6) is -1.43. The summed E-state index contributed by atoms with van der Waals surface area (Å²) in [7, 11) is 0. The standard InChI is InChI=1S/C9H9Cl2N3O3S/c1-4(15)12-5(9(16)17)3-18-6-2-7(10)13-14-8(6)11/h2,5H,3H2,1H3,(H,12,15)(H,16,17)/t5-/m0/s1. The number of halogens is 2. The number of nitrogens with one attached hydrogen (secondary N) is 1. The highest BCUT2D eigenvalue weighted by Crippen LogP contribution is 2.27. The van der Waals surface area contributed by atoms with Crippen molar-refractivity contribution in [2.75, 3.05) is 5.75 Å². The number of rotatable bonds is 5. The molecule has 6 nitrogen and oxygen atoms in total. The molecule has 1 amide bonds. The SMILES string of the molecule is CC(=O)N[C@@H](CSc1cc(Cl)nnc1Cl)C(=O)O. The molecule has 2 N–H and O–H groups in total. The molecular weight excluding hydrogens is 301 g/mol. The molecule has 0 radical (unpaired) electrons. The molecule has 0 aromatic carbocycles. The van der Waals surface area contributed by atoms with Crippen LogP contribution in [0.4, 0.5) is 0 Å². The predicted octanol–water partition coefficient (Wildman–Crippen LogP) is 1.46. The van der Waals surface area contributed by atoms with Gasteiger partial charge < -0.3 is 10.4 Å². The highest BCUT2D eigenvalue weighted by molar-refractivity contribution is 7.99. The number of thioether (sulfide) groups is 1. The maximum absolute atomic E-state index is 10.9. The average Bonchev–Trinajstić information content (AvgIpc) is 2.27. The lowest BCUT2D eigenvalue weighted by molar-refractivity contribution is -0.140. The minimum absolute atomic E-state index is 0.108. The average molecular weight is 310 g/mol. The van der Waals surface area contributed by atoms with Crippen LogP contribution in [-0.2, 0) is 9.59 Å². The van der Waals surface area contributed by atoms with Crippen LogP contribution in [0.3, 0.4) is 0 Å². The van der Waals surface area contributed by atoms with Gasteiger partial charge in [-0.15, -0.1) is 22.0 Å². The fourth-order valence-corrected chi connectivity index (χ4v) is 2.43. The van der Waals surface area contributed by atoms with Crippen LogP contribution in [0.25, 0.3) is 0 Å². The molecule has 0 aliphatic heterocycles. The van der Waals surface area contributed by atoms with Gasteiger partial charge in [0, 0.05) is 17.6 Å². The number of hydrogen-bond donors (Lipinski definition) is 2. The van der Waals surface area contributed by atoms with Gasteiger partial charge in [0.05, 0.1) is 0 Å². The quantitative estimate of drug-likeness (QED) is 0.800. The van der Waals surface area contributed by atoms with E-state index in [0.717, 1.165) is 11.8 Å². The van der Waals surface area contributed by atoms with E-state index in [1.54, 1.807) is 0 Å². The van der Waals surface area contributed by atoms with Gasteiger partial charge in [-0.1, -0.05) is 23.2 Å². The molecular formula is C9H9Cl2N3O3S. The zero-order chi connectivity index (χ0) is 13.7. The molecule has 0 spiro atoms. The molecule has 18 heavy (non-hydrogen) atoms. The van der Waals surface area contributed by atoms with Crippen molar-refractivity contribution in [3.8, 4) is 0 Å². The summed E-state index contributed by atoms with van der Waals surface area (Å²) in [6.45, 7) is 1.25. The molecule has 0 saturated heterocycles. The summed E-state index contributed by atoms with van der Waals surface area (Å²) in [5, 5.41) is 18.6. The second-order valence-corrected chi connectivity index (χ2v) is 5.03. The van der Waals surface area contributed by atoms with Crippen molar-refractivity contribution in [1.82, 2.24) is 15.5 Å². The summed E-state index contributed by atoms with van der Waals surface area (Å²) in [6.07, 6.45) is 0. The van der Waals surface area contributed by atoms with Crippen molar-refractivity contribution in [1.29, 1.82) is 0 Å². The molecule has 0 aliphatic carbocycles. The highest BCUT2D eigenvalue weighted by atomic mass is 35.5. The summed E-state index contributed by atoms with van der Waals surface area (Å²) in [5.41, 5.74) is 0. The van der Waals surface area contributed by atoms with Gasteiger partial charge in [0.25, 0.3) is 0 Å². The fraction of sp³-hybridized carbons (Fsp3) is 0.333. The molecule has 1 atom stereocenters. The van der Waals surface area contributed by atoms with Crippen LogP contribution in [-0.4, -0.2) is 39.0 Å². The second-order valence-electron chi connectivity index (χ2n) is 3.22. The third-order valence-corrected chi connectivity index (χ3v) is 3.47. The van der Waals surface area contributed by atoms with Crippen LogP contribution in [0.1, 0.15) is 6.92 Å². The number of aromatic nitrogens is 2. The zero-order valence-electron chi connectivity index (χ0n) is 9.18. The molecule has 0 saturated carbocycles. The Balaban J connectivity index is 2.69. The summed E-state index contributed by atoms with van der Waals surface area (Å²) in [4.78, 5) is 22.2. The van der Waals surface area contributed by atoms with Gasteiger partial charge in [0.2, 0.25) is 5.91 Å². The largest absolute Gasteiger partial charge is 0.480 e. The maximum Gasteiger partial charge on any atom is 0.327 e. The lowest BCUT2D eigenvalue weighted by Crippen LogP contribution is -2.41. The number of amides is 1. The van der Waals surface area contributed by atoms with E-state index in [-0.39, 0.29) is 16.1 Å². The Kier molecular flexibility index (Phi) is 5.64. The van der Waals surface area contributed by atoms with Crippen molar-refractivity contribution >= 4 is 46.8 Å². The first-order chi connectivity index (χ1) is 8.40. The van der Waals surface area contributed by atoms with E-state index in [9.17, 15) is 9.59 Å². The normalized spacial score (nSPS) is 11.9. The molecule has 0 unspecified atom stereocenters. The maximum atomic E-state index is 10.9. The van der Waals surface area contributed by atoms with Crippen LogP contribution in [0.2, 0.25) is 10.3 Å². The molecule has 1 aromatic heterocycles. The number of nitrogens with zero attached hydrogens (tertiary/aromatic N) is 2. The molecule has 1 heterocycles. The van der Waals surface area contributed by atoms with Gasteiger partial charge in [-0.25, -0.2) is 4.79 Å². The van der Waals surface area contributed by atoms with Crippen LogP contribution in [0, 0.1) is 0 Å². The van der Waals surface area contributed by atoms with E-state index in [1.807, 2.05) is 0 Å². The molecule has 0 aliphatic rings. The van der Waals surface area contributed by atoms with Crippen molar-refractivity contribution in [3.63, 3.8) is 0 Å². The number of carbonyl (C=O) groups excluding carboxylic acids is 1. The van der Waals surface area contributed by atoms with Gasteiger partial charge in [-0.05, 0) is 6.07 Å². The Morgan fingerprint density at radius 2 is 2.17 bits per heavy atom. The first-order valence-corrected chi connectivity index (χ1v) is 6.45. The van der Waals surface area contributed by atoms with E-state index in [4.69, 9.17) is 28.3 Å². The van der Waals surface area contributed by atoms with Gasteiger partial charge in [-0.2, -0.15) is 0 Å². The molecule has 1 rings (SSSR count). The van der Waals surface area contributed by atoms with Gasteiger partial charge in [-0.3, -0.25) is 4.79 Å². The first kappa shape index (κ1) is 15.0. The highest BCUT2D eigenvalue weighted by Gasteiger charge is 2.19. The van der Waals surface area contributed by atoms with E-state index in [0.29, 0.717) is 4.90 Å². The predicted molar refractivity (Wildman–Crippen MR) is 68.0 cm³/mol. The molecule has 98 valence electrons. The van der Waals surface area contributed by atoms with Crippen molar-refractivity contribution < 1.29 is 14.7 Å². The van der Waals surface area contributed by atoms with Crippen molar-refractivity contribution in [2.45, 2.75) is 17.9 Å². The van der Waals surface area contributed by atoms with Crippen LogP contribution in [0.5, 0.6) is 0 Å². The van der Waals surface area contributed by atoms with Crippen LogP contribution < -0.4 is 5.32 Å². The topological polar surface area (TPSA) is 92.2 Å². The smallest absolute Gasteiger partial charge is 0.327 e. The number of hydrogen-bond acceptors (Lipinski definition) is 5. The minimum Gasteiger partial charge on any atom is -0.480 e. The van der Waals surface area contributed by atoms with E-state index >= 15 is 0 Å². The van der Waals surface area contributed by atoms with Crippen molar-refractivity contribution in [3.05, 3.63) is 16.4 Å². The van der Waals surface area contributed by atoms with Gasteiger partial charge in [0.15, 0.2) is 10.3 Å². The van der Waals surface area contributed by atoms with Crippen LogP contribution in [0.15, 0.2) is 11.0 Å². The van der Waals surface area contributed by atoms with E-state index in [2.05, 4.69) is 15.5 Å². The van der Waals surface area contributed by atoms with Crippen molar-refractivity contribution in [2.24, 2.45) is 0 Å². The third-order valence-electron chi connectivity index (χ3n) is 1.77. The minimum atomic E-state index is -1.12.